The monoisotopic (exact) mass is 375 g/mol. The quantitative estimate of drug-likeness (QED) is 0.894. The molecule has 26 heavy (non-hydrogen) atoms. The second-order valence-electron chi connectivity index (χ2n) is 6.43. The lowest BCUT2D eigenvalue weighted by Gasteiger charge is -2.37. The number of nitrogens with one attached hydrogen (secondary N) is 1. The van der Waals surface area contributed by atoms with Crippen molar-refractivity contribution in [2.75, 3.05) is 31.5 Å². The van der Waals surface area contributed by atoms with Crippen LogP contribution in [0.4, 0.5) is 10.1 Å². The van der Waals surface area contributed by atoms with Crippen LogP contribution in [0.5, 0.6) is 0 Å². The molecular weight excluding hydrogens is 353 g/mol. The largest absolute Gasteiger partial charge is 0.335 e. The first kappa shape index (κ1) is 18.5. The van der Waals surface area contributed by atoms with Crippen molar-refractivity contribution in [3.8, 4) is 0 Å². The van der Waals surface area contributed by atoms with Crippen molar-refractivity contribution >= 4 is 28.8 Å². The lowest BCUT2D eigenvalue weighted by atomic mass is 10.2. The minimum absolute atomic E-state index is 0.0480. The molecule has 0 unspecified atom stereocenters. The summed E-state index contributed by atoms with van der Waals surface area (Å²) in [5, 5.41) is 4.66. The van der Waals surface area contributed by atoms with Gasteiger partial charge in [-0.2, -0.15) is 0 Å². The molecule has 2 amide bonds. The summed E-state index contributed by atoms with van der Waals surface area (Å²) in [6, 6.07) is 8.02. The van der Waals surface area contributed by atoms with Crippen LogP contribution in [0.15, 0.2) is 35.7 Å². The lowest BCUT2D eigenvalue weighted by molar-refractivity contribution is -0.121. The van der Waals surface area contributed by atoms with E-state index in [1.807, 2.05) is 34.2 Å². The summed E-state index contributed by atoms with van der Waals surface area (Å²) in [7, 11) is 0. The van der Waals surface area contributed by atoms with Crippen LogP contribution < -0.4 is 5.32 Å². The van der Waals surface area contributed by atoms with Gasteiger partial charge in [-0.3, -0.25) is 14.5 Å². The Morgan fingerprint density at radius 2 is 1.92 bits per heavy atom. The number of hydrogen-bond donors (Lipinski definition) is 1. The zero-order valence-corrected chi connectivity index (χ0v) is 15.7. The van der Waals surface area contributed by atoms with Gasteiger partial charge in [0, 0.05) is 31.9 Å². The van der Waals surface area contributed by atoms with E-state index >= 15 is 0 Å². The molecule has 0 radical (unpaired) electrons. The van der Waals surface area contributed by atoms with Gasteiger partial charge in [-0.05, 0) is 43.0 Å². The second-order valence-corrected chi connectivity index (χ2v) is 7.38. The number of carbonyl (C=O) groups is 2. The first-order valence-electron chi connectivity index (χ1n) is 8.59. The summed E-state index contributed by atoms with van der Waals surface area (Å²) in [5.41, 5.74) is 0.999. The third-order valence-electron chi connectivity index (χ3n) is 4.70. The van der Waals surface area contributed by atoms with E-state index in [0.29, 0.717) is 37.4 Å². The standard InChI is InChI=1S/C19H22FN3O2S/c1-13-5-6-15(12-16(13)20)21-18(24)14(2)22-7-9-23(10-8-22)19(25)17-4-3-11-26-17/h3-6,11-12,14H,7-10H2,1-2H3,(H,21,24)/t14-/m1/s1. The van der Waals surface area contributed by atoms with Gasteiger partial charge >= 0.3 is 0 Å². The number of nitrogens with zero attached hydrogens (tertiary/aromatic N) is 2. The Labute approximate surface area is 156 Å². The zero-order valence-electron chi connectivity index (χ0n) is 14.9. The summed E-state index contributed by atoms with van der Waals surface area (Å²) in [5.74, 6) is -0.464. The van der Waals surface area contributed by atoms with Gasteiger partial charge in [-0.1, -0.05) is 12.1 Å². The molecule has 1 aliphatic rings. The van der Waals surface area contributed by atoms with Gasteiger partial charge in [0.15, 0.2) is 0 Å². The Bertz CT molecular complexity index is 786. The highest BCUT2D eigenvalue weighted by Gasteiger charge is 2.28. The molecule has 7 heteroatoms. The van der Waals surface area contributed by atoms with Gasteiger partial charge < -0.3 is 10.2 Å². The average Bonchev–Trinajstić information content (AvgIpc) is 3.18. The first-order chi connectivity index (χ1) is 12.5. The van der Waals surface area contributed by atoms with Crippen LogP contribution in [0.2, 0.25) is 0 Å². The Morgan fingerprint density at radius 1 is 1.19 bits per heavy atom. The molecule has 1 fully saturated rings. The highest BCUT2D eigenvalue weighted by molar-refractivity contribution is 7.12. The van der Waals surface area contributed by atoms with Gasteiger partial charge in [0.2, 0.25) is 5.91 Å². The maximum Gasteiger partial charge on any atom is 0.264 e. The molecule has 1 atom stereocenters. The van der Waals surface area contributed by atoms with Gasteiger partial charge in [0.1, 0.15) is 5.82 Å². The zero-order chi connectivity index (χ0) is 18.7. The van der Waals surface area contributed by atoms with Gasteiger partial charge in [0.05, 0.1) is 10.9 Å². The molecule has 3 rings (SSSR count). The van der Waals surface area contributed by atoms with E-state index in [-0.39, 0.29) is 23.7 Å². The predicted molar refractivity (Wildman–Crippen MR) is 101 cm³/mol. The van der Waals surface area contributed by atoms with Gasteiger partial charge in [0.25, 0.3) is 5.91 Å². The fourth-order valence-corrected chi connectivity index (χ4v) is 3.64. The maximum atomic E-state index is 13.6. The van der Waals surface area contributed by atoms with Crippen molar-refractivity contribution < 1.29 is 14.0 Å². The van der Waals surface area contributed by atoms with Crippen molar-refractivity contribution in [1.82, 2.24) is 9.80 Å². The molecule has 0 spiro atoms. The van der Waals surface area contributed by atoms with E-state index < -0.39 is 0 Å². The molecular formula is C19H22FN3O2S. The predicted octanol–water partition coefficient (Wildman–Crippen LogP) is 2.98. The first-order valence-corrected chi connectivity index (χ1v) is 9.47. The number of carbonyl (C=O) groups excluding carboxylic acids is 2. The van der Waals surface area contributed by atoms with E-state index in [9.17, 15) is 14.0 Å². The average molecular weight is 375 g/mol. The molecule has 138 valence electrons. The van der Waals surface area contributed by atoms with E-state index in [0.717, 1.165) is 4.88 Å². The number of thiophene rings is 1. The van der Waals surface area contributed by atoms with Crippen LogP contribution >= 0.6 is 11.3 Å². The third kappa shape index (κ3) is 4.11. The number of amides is 2. The summed E-state index contributed by atoms with van der Waals surface area (Å²) in [6.07, 6.45) is 0. The molecule has 1 saturated heterocycles. The minimum Gasteiger partial charge on any atom is -0.335 e. The molecule has 1 aromatic heterocycles. The van der Waals surface area contributed by atoms with Crippen LogP contribution in [0.1, 0.15) is 22.2 Å². The highest BCUT2D eigenvalue weighted by Crippen LogP contribution is 2.17. The molecule has 0 bridgehead atoms. The summed E-state index contributed by atoms with van der Waals surface area (Å²) >= 11 is 1.44. The fraction of sp³-hybridized carbons (Fsp3) is 0.368. The SMILES string of the molecule is Cc1ccc(NC(=O)[C@@H](C)N2CCN(C(=O)c3cccs3)CC2)cc1F. The Morgan fingerprint density at radius 3 is 2.54 bits per heavy atom. The van der Waals surface area contributed by atoms with Crippen molar-refractivity contribution in [3.63, 3.8) is 0 Å². The highest BCUT2D eigenvalue weighted by atomic mass is 32.1. The van der Waals surface area contributed by atoms with E-state index in [4.69, 9.17) is 0 Å². The number of rotatable bonds is 4. The molecule has 2 aromatic rings. The topological polar surface area (TPSA) is 52.7 Å². The smallest absolute Gasteiger partial charge is 0.264 e. The lowest BCUT2D eigenvalue weighted by Crippen LogP contribution is -2.53. The number of hydrogen-bond acceptors (Lipinski definition) is 4. The van der Waals surface area contributed by atoms with Crippen LogP contribution in [-0.2, 0) is 4.79 Å². The Kier molecular flexibility index (Phi) is 5.68. The molecule has 0 saturated carbocycles. The normalized spacial score (nSPS) is 16.3. The molecule has 0 aliphatic carbocycles. The van der Waals surface area contributed by atoms with Crippen LogP contribution in [0.25, 0.3) is 0 Å². The van der Waals surface area contributed by atoms with Crippen LogP contribution in [-0.4, -0.2) is 53.8 Å². The van der Waals surface area contributed by atoms with Crippen molar-refractivity contribution in [2.24, 2.45) is 0 Å². The van der Waals surface area contributed by atoms with E-state index in [2.05, 4.69) is 5.32 Å². The molecule has 5 nitrogen and oxygen atoms in total. The van der Waals surface area contributed by atoms with Crippen molar-refractivity contribution in [3.05, 3.63) is 52.0 Å². The number of piperazine rings is 1. The summed E-state index contributed by atoms with van der Waals surface area (Å²) < 4.78 is 13.6. The van der Waals surface area contributed by atoms with Crippen molar-refractivity contribution in [1.29, 1.82) is 0 Å². The summed E-state index contributed by atoms with van der Waals surface area (Å²) in [6.45, 7) is 5.96. The number of benzene rings is 1. The Balaban J connectivity index is 1.54. The fourth-order valence-electron chi connectivity index (χ4n) is 2.95. The number of halogens is 1. The van der Waals surface area contributed by atoms with Crippen molar-refractivity contribution in [2.45, 2.75) is 19.9 Å². The molecule has 1 aromatic carbocycles. The van der Waals surface area contributed by atoms with Crippen LogP contribution in [0.3, 0.4) is 0 Å². The molecule has 1 aliphatic heterocycles. The number of aryl methyl sites for hydroxylation is 1. The second kappa shape index (κ2) is 7.97. The molecule has 2 heterocycles. The van der Waals surface area contributed by atoms with Gasteiger partial charge in [-0.25, -0.2) is 4.39 Å². The minimum atomic E-state index is -0.349. The maximum absolute atomic E-state index is 13.6. The Hall–Kier alpha value is -2.25. The number of anilines is 1. The summed E-state index contributed by atoms with van der Waals surface area (Å²) in [4.78, 5) is 29.4. The third-order valence-corrected chi connectivity index (χ3v) is 5.56. The van der Waals surface area contributed by atoms with Gasteiger partial charge in [-0.15, -0.1) is 11.3 Å². The molecule has 1 N–H and O–H groups in total. The van der Waals surface area contributed by atoms with E-state index in [1.54, 1.807) is 19.1 Å². The van der Waals surface area contributed by atoms with E-state index in [1.165, 1.54) is 17.4 Å². The van der Waals surface area contributed by atoms with Crippen LogP contribution in [0, 0.1) is 12.7 Å².